The lowest BCUT2D eigenvalue weighted by atomic mass is 9.95. The van der Waals surface area contributed by atoms with E-state index in [0.29, 0.717) is 17.4 Å². The Hall–Kier alpha value is -1.58. The molecule has 0 atom stereocenters. The SMILES string of the molecule is COc1cc(C(=O)O)c(C2CCCC2)cn1. The molecular weight excluding hydrogens is 206 g/mol. The molecule has 1 aliphatic carbocycles. The zero-order valence-electron chi connectivity index (χ0n) is 9.27. The Morgan fingerprint density at radius 2 is 2.19 bits per heavy atom. The van der Waals surface area contributed by atoms with Crippen molar-refractivity contribution in [2.75, 3.05) is 7.11 Å². The van der Waals surface area contributed by atoms with E-state index >= 15 is 0 Å². The van der Waals surface area contributed by atoms with Crippen LogP contribution in [0.4, 0.5) is 0 Å². The smallest absolute Gasteiger partial charge is 0.336 e. The molecule has 4 nitrogen and oxygen atoms in total. The lowest BCUT2D eigenvalue weighted by molar-refractivity contribution is 0.0694. The highest BCUT2D eigenvalue weighted by atomic mass is 16.5. The Kier molecular flexibility index (Phi) is 3.08. The first kappa shape index (κ1) is 10.9. The summed E-state index contributed by atoms with van der Waals surface area (Å²) >= 11 is 0. The van der Waals surface area contributed by atoms with Crippen LogP contribution in [-0.4, -0.2) is 23.2 Å². The van der Waals surface area contributed by atoms with Crippen LogP contribution in [0, 0.1) is 0 Å². The van der Waals surface area contributed by atoms with Crippen molar-refractivity contribution in [1.29, 1.82) is 0 Å². The van der Waals surface area contributed by atoms with Gasteiger partial charge in [0.15, 0.2) is 0 Å². The topological polar surface area (TPSA) is 59.4 Å². The van der Waals surface area contributed by atoms with Gasteiger partial charge in [-0.05, 0) is 24.3 Å². The number of hydrogen-bond donors (Lipinski definition) is 1. The van der Waals surface area contributed by atoms with E-state index in [1.54, 1.807) is 6.20 Å². The largest absolute Gasteiger partial charge is 0.481 e. The molecule has 0 radical (unpaired) electrons. The van der Waals surface area contributed by atoms with E-state index in [4.69, 9.17) is 9.84 Å². The van der Waals surface area contributed by atoms with Gasteiger partial charge in [-0.15, -0.1) is 0 Å². The molecule has 0 amide bonds. The normalized spacial score (nSPS) is 16.3. The molecule has 0 unspecified atom stereocenters. The minimum atomic E-state index is -0.900. The number of pyridine rings is 1. The van der Waals surface area contributed by atoms with Gasteiger partial charge in [-0.2, -0.15) is 0 Å². The lowest BCUT2D eigenvalue weighted by Gasteiger charge is -2.12. The summed E-state index contributed by atoms with van der Waals surface area (Å²) in [4.78, 5) is 15.3. The fourth-order valence-electron chi connectivity index (χ4n) is 2.31. The van der Waals surface area contributed by atoms with Gasteiger partial charge in [-0.3, -0.25) is 0 Å². The van der Waals surface area contributed by atoms with E-state index in [1.807, 2.05) is 0 Å². The molecule has 1 fully saturated rings. The fourth-order valence-corrected chi connectivity index (χ4v) is 2.31. The molecule has 0 aliphatic heterocycles. The Balaban J connectivity index is 2.39. The van der Waals surface area contributed by atoms with Crippen LogP contribution in [0.15, 0.2) is 12.3 Å². The summed E-state index contributed by atoms with van der Waals surface area (Å²) in [5, 5.41) is 9.16. The molecular formula is C12H15NO3. The number of nitrogens with zero attached hydrogens (tertiary/aromatic N) is 1. The first-order valence-corrected chi connectivity index (χ1v) is 5.49. The Labute approximate surface area is 94.3 Å². The number of aromatic carboxylic acids is 1. The van der Waals surface area contributed by atoms with E-state index in [9.17, 15) is 4.79 Å². The second-order valence-electron chi connectivity index (χ2n) is 4.10. The van der Waals surface area contributed by atoms with Crippen molar-refractivity contribution in [2.45, 2.75) is 31.6 Å². The molecule has 4 heteroatoms. The van der Waals surface area contributed by atoms with Crippen molar-refractivity contribution in [1.82, 2.24) is 4.98 Å². The maximum Gasteiger partial charge on any atom is 0.336 e. The predicted molar refractivity (Wildman–Crippen MR) is 59.0 cm³/mol. The van der Waals surface area contributed by atoms with Gasteiger partial charge in [0.25, 0.3) is 0 Å². The summed E-state index contributed by atoms with van der Waals surface area (Å²) < 4.78 is 4.95. The average Bonchev–Trinajstić information content (AvgIpc) is 2.81. The minimum Gasteiger partial charge on any atom is -0.481 e. The summed E-state index contributed by atoms with van der Waals surface area (Å²) in [5.41, 5.74) is 1.18. The molecule has 16 heavy (non-hydrogen) atoms. The highest BCUT2D eigenvalue weighted by Crippen LogP contribution is 2.36. The Bertz CT molecular complexity index is 397. The standard InChI is InChI=1S/C12H15NO3/c1-16-11-6-9(12(14)15)10(7-13-11)8-4-2-3-5-8/h6-8H,2-5H2,1H3,(H,14,15). The summed E-state index contributed by atoms with van der Waals surface area (Å²) in [6.07, 6.45) is 6.13. The van der Waals surface area contributed by atoms with Gasteiger partial charge in [0.05, 0.1) is 12.7 Å². The lowest BCUT2D eigenvalue weighted by Crippen LogP contribution is -2.07. The quantitative estimate of drug-likeness (QED) is 0.851. The number of aromatic nitrogens is 1. The fraction of sp³-hybridized carbons (Fsp3) is 0.500. The summed E-state index contributed by atoms with van der Waals surface area (Å²) in [6, 6.07) is 1.51. The van der Waals surface area contributed by atoms with E-state index in [1.165, 1.54) is 26.0 Å². The van der Waals surface area contributed by atoms with Crippen LogP contribution in [0.3, 0.4) is 0 Å². The molecule has 0 bridgehead atoms. The van der Waals surface area contributed by atoms with Crippen molar-refractivity contribution >= 4 is 5.97 Å². The molecule has 1 aromatic rings. The zero-order valence-corrected chi connectivity index (χ0v) is 9.27. The van der Waals surface area contributed by atoms with Crippen molar-refractivity contribution < 1.29 is 14.6 Å². The molecule has 1 saturated carbocycles. The molecule has 0 saturated heterocycles. The van der Waals surface area contributed by atoms with Gasteiger partial charge in [-0.25, -0.2) is 9.78 Å². The monoisotopic (exact) mass is 221 g/mol. The summed E-state index contributed by atoms with van der Waals surface area (Å²) in [7, 11) is 1.49. The third-order valence-electron chi connectivity index (χ3n) is 3.14. The van der Waals surface area contributed by atoms with Gasteiger partial charge >= 0.3 is 5.97 Å². The van der Waals surface area contributed by atoms with Gasteiger partial charge in [0, 0.05) is 12.3 Å². The second-order valence-corrected chi connectivity index (χ2v) is 4.10. The Morgan fingerprint density at radius 3 is 2.75 bits per heavy atom. The predicted octanol–water partition coefficient (Wildman–Crippen LogP) is 2.45. The van der Waals surface area contributed by atoms with Gasteiger partial charge in [0.2, 0.25) is 5.88 Å². The number of carboxylic acid groups (broad SMARTS) is 1. The van der Waals surface area contributed by atoms with Crippen LogP contribution in [-0.2, 0) is 0 Å². The highest BCUT2D eigenvalue weighted by Gasteiger charge is 2.23. The molecule has 0 spiro atoms. The second kappa shape index (κ2) is 4.51. The van der Waals surface area contributed by atoms with Crippen molar-refractivity contribution in [2.24, 2.45) is 0 Å². The Morgan fingerprint density at radius 1 is 1.50 bits per heavy atom. The van der Waals surface area contributed by atoms with Crippen LogP contribution in [0.25, 0.3) is 0 Å². The third kappa shape index (κ3) is 2.01. The molecule has 1 aliphatic rings. The highest BCUT2D eigenvalue weighted by molar-refractivity contribution is 5.89. The van der Waals surface area contributed by atoms with Crippen LogP contribution in [0.5, 0.6) is 5.88 Å². The number of carboxylic acids is 1. The van der Waals surface area contributed by atoms with Crippen molar-refractivity contribution in [3.63, 3.8) is 0 Å². The van der Waals surface area contributed by atoms with Crippen molar-refractivity contribution in [3.05, 3.63) is 23.4 Å². The first-order valence-electron chi connectivity index (χ1n) is 5.49. The first-order chi connectivity index (χ1) is 7.72. The van der Waals surface area contributed by atoms with Crippen LogP contribution in [0.1, 0.15) is 47.5 Å². The van der Waals surface area contributed by atoms with E-state index < -0.39 is 5.97 Å². The third-order valence-corrected chi connectivity index (χ3v) is 3.14. The van der Waals surface area contributed by atoms with Gasteiger partial charge < -0.3 is 9.84 Å². The zero-order chi connectivity index (χ0) is 11.5. The molecule has 1 N–H and O–H groups in total. The molecule has 2 rings (SSSR count). The molecule has 0 aromatic carbocycles. The number of hydrogen-bond acceptors (Lipinski definition) is 3. The van der Waals surface area contributed by atoms with Gasteiger partial charge in [-0.1, -0.05) is 12.8 Å². The van der Waals surface area contributed by atoms with E-state index in [-0.39, 0.29) is 0 Å². The van der Waals surface area contributed by atoms with Crippen LogP contribution < -0.4 is 4.74 Å². The van der Waals surface area contributed by atoms with Crippen molar-refractivity contribution in [3.8, 4) is 5.88 Å². The maximum atomic E-state index is 11.2. The summed E-state index contributed by atoms with van der Waals surface area (Å²) in [6.45, 7) is 0. The average molecular weight is 221 g/mol. The van der Waals surface area contributed by atoms with E-state index in [0.717, 1.165) is 18.4 Å². The van der Waals surface area contributed by atoms with Crippen LogP contribution >= 0.6 is 0 Å². The molecule has 86 valence electrons. The van der Waals surface area contributed by atoms with E-state index in [2.05, 4.69) is 4.98 Å². The number of methoxy groups -OCH3 is 1. The van der Waals surface area contributed by atoms with Crippen LogP contribution in [0.2, 0.25) is 0 Å². The minimum absolute atomic E-state index is 0.332. The maximum absolute atomic E-state index is 11.2. The molecule has 1 aromatic heterocycles. The summed E-state index contributed by atoms with van der Waals surface area (Å²) in [5.74, 6) is -0.189. The molecule has 1 heterocycles. The van der Waals surface area contributed by atoms with Gasteiger partial charge in [0.1, 0.15) is 0 Å². The number of carbonyl (C=O) groups is 1. The number of rotatable bonds is 3. The number of ether oxygens (including phenoxy) is 1.